The third-order valence-electron chi connectivity index (χ3n) is 4.74. The highest BCUT2D eigenvalue weighted by atomic mass is 32.2. The number of hydrogen-bond acceptors (Lipinski definition) is 6. The van der Waals surface area contributed by atoms with E-state index in [0.29, 0.717) is 11.1 Å². The van der Waals surface area contributed by atoms with Crippen LogP contribution in [-0.2, 0) is 0 Å². The first-order valence-corrected chi connectivity index (χ1v) is 10.3. The monoisotopic (exact) mass is 372 g/mol. The summed E-state index contributed by atoms with van der Waals surface area (Å²) in [6.45, 7) is 9.99. The van der Waals surface area contributed by atoms with Crippen molar-refractivity contribution in [3.8, 4) is 5.88 Å². The number of aromatic nitrogens is 2. The highest BCUT2D eigenvalue weighted by molar-refractivity contribution is 7.99. The van der Waals surface area contributed by atoms with Gasteiger partial charge in [-0.05, 0) is 36.6 Å². The van der Waals surface area contributed by atoms with E-state index >= 15 is 0 Å². The van der Waals surface area contributed by atoms with E-state index in [2.05, 4.69) is 57.9 Å². The normalized spacial score (nSPS) is 15.6. The summed E-state index contributed by atoms with van der Waals surface area (Å²) >= 11 is 1.61. The van der Waals surface area contributed by atoms with Gasteiger partial charge in [0.2, 0.25) is 5.88 Å². The third-order valence-corrected chi connectivity index (χ3v) is 5.69. The smallest absolute Gasteiger partial charge is 0.214 e. The molecule has 0 radical (unpaired) electrons. The van der Waals surface area contributed by atoms with Gasteiger partial charge >= 0.3 is 0 Å². The van der Waals surface area contributed by atoms with E-state index in [1.165, 1.54) is 17.3 Å². The van der Waals surface area contributed by atoms with Crippen molar-refractivity contribution in [1.29, 1.82) is 0 Å². The first-order valence-electron chi connectivity index (χ1n) is 9.34. The van der Waals surface area contributed by atoms with E-state index in [4.69, 9.17) is 0 Å². The van der Waals surface area contributed by atoms with Gasteiger partial charge in [0.25, 0.3) is 0 Å². The third kappa shape index (κ3) is 5.35. The van der Waals surface area contributed by atoms with Crippen LogP contribution in [0.25, 0.3) is 0 Å². The van der Waals surface area contributed by atoms with Crippen molar-refractivity contribution in [3.63, 3.8) is 0 Å². The molecule has 6 heteroatoms. The molecule has 0 atom stereocenters. The molecule has 2 aromatic rings. The molecule has 1 aliphatic heterocycles. The molecule has 0 amide bonds. The molecular formula is C20H28N4OS. The molecule has 5 nitrogen and oxygen atoms in total. The number of aromatic hydroxyl groups is 1. The van der Waals surface area contributed by atoms with Gasteiger partial charge in [-0.3, -0.25) is 4.90 Å². The molecule has 0 unspecified atom stereocenters. The first kappa shape index (κ1) is 19.0. The van der Waals surface area contributed by atoms with E-state index in [-0.39, 0.29) is 5.88 Å². The molecule has 0 saturated carbocycles. The number of benzene rings is 1. The molecule has 2 heterocycles. The maximum absolute atomic E-state index is 9.36. The lowest BCUT2D eigenvalue weighted by molar-refractivity contribution is 0.259. The molecule has 1 N–H and O–H groups in total. The minimum atomic E-state index is 0.0418. The van der Waals surface area contributed by atoms with Gasteiger partial charge in [0.1, 0.15) is 0 Å². The summed E-state index contributed by atoms with van der Waals surface area (Å²) in [7, 11) is 0. The quantitative estimate of drug-likeness (QED) is 0.455. The highest BCUT2D eigenvalue weighted by Gasteiger charge is 2.17. The fourth-order valence-corrected chi connectivity index (χ4v) is 3.91. The van der Waals surface area contributed by atoms with Crippen molar-refractivity contribution in [1.82, 2.24) is 14.9 Å². The van der Waals surface area contributed by atoms with Crippen LogP contribution in [0.15, 0.2) is 41.7 Å². The molecule has 140 valence electrons. The summed E-state index contributed by atoms with van der Waals surface area (Å²) in [6, 6.07) is 10.5. The van der Waals surface area contributed by atoms with Crippen LogP contribution >= 0.6 is 11.8 Å². The van der Waals surface area contributed by atoms with Crippen LogP contribution in [0.1, 0.15) is 31.7 Å². The maximum Gasteiger partial charge on any atom is 0.214 e. The van der Waals surface area contributed by atoms with Crippen molar-refractivity contribution in [2.45, 2.75) is 31.3 Å². The SMILES string of the molecule is CC(C)c1cccc(N2CCN(CCCSc3nccc(O)n3)CC2)c1. The second kappa shape index (κ2) is 9.24. The fraction of sp³-hybridized carbons (Fsp3) is 0.500. The molecule has 1 saturated heterocycles. The van der Waals surface area contributed by atoms with Crippen LogP contribution < -0.4 is 4.90 Å². The average molecular weight is 373 g/mol. The molecule has 26 heavy (non-hydrogen) atoms. The molecule has 1 aliphatic rings. The van der Waals surface area contributed by atoms with Gasteiger partial charge in [0, 0.05) is 49.9 Å². The lowest BCUT2D eigenvalue weighted by Crippen LogP contribution is -2.46. The summed E-state index contributed by atoms with van der Waals surface area (Å²) in [5.74, 6) is 1.59. The molecule has 3 rings (SSSR count). The van der Waals surface area contributed by atoms with E-state index in [1.54, 1.807) is 18.0 Å². The minimum absolute atomic E-state index is 0.0418. The van der Waals surface area contributed by atoms with E-state index in [9.17, 15) is 5.11 Å². The largest absolute Gasteiger partial charge is 0.493 e. The summed E-state index contributed by atoms with van der Waals surface area (Å²) in [4.78, 5) is 13.2. The van der Waals surface area contributed by atoms with Gasteiger partial charge in [-0.15, -0.1) is 0 Å². The zero-order valence-corrected chi connectivity index (χ0v) is 16.5. The Balaban J connectivity index is 1.39. The van der Waals surface area contributed by atoms with Crippen LogP contribution in [0.4, 0.5) is 5.69 Å². The predicted molar refractivity (Wildman–Crippen MR) is 108 cm³/mol. The number of thioether (sulfide) groups is 1. The average Bonchev–Trinajstić information content (AvgIpc) is 2.66. The predicted octanol–water partition coefficient (Wildman–Crippen LogP) is 3.61. The summed E-state index contributed by atoms with van der Waals surface area (Å²) < 4.78 is 0. The molecule has 0 aliphatic carbocycles. The maximum atomic E-state index is 9.36. The zero-order valence-electron chi connectivity index (χ0n) is 15.6. The van der Waals surface area contributed by atoms with Crippen molar-refractivity contribution < 1.29 is 5.11 Å². The van der Waals surface area contributed by atoms with E-state index in [0.717, 1.165) is 44.9 Å². The van der Waals surface area contributed by atoms with Gasteiger partial charge in [0.05, 0.1) is 0 Å². The van der Waals surface area contributed by atoms with Crippen LogP contribution in [0, 0.1) is 0 Å². The van der Waals surface area contributed by atoms with Crippen molar-refractivity contribution in [3.05, 3.63) is 42.1 Å². The van der Waals surface area contributed by atoms with E-state index < -0.39 is 0 Å². The van der Waals surface area contributed by atoms with Gasteiger partial charge in [-0.1, -0.05) is 37.7 Å². The van der Waals surface area contributed by atoms with Gasteiger partial charge < -0.3 is 10.0 Å². The Morgan fingerprint density at radius 1 is 1.15 bits per heavy atom. The number of anilines is 1. The zero-order chi connectivity index (χ0) is 18.4. The van der Waals surface area contributed by atoms with Gasteiger partial charge in [-0.25, -0.2) is 4.98 Å². The fourth-order valence-electron chi connectivity index (χ4n) is 3.16. The Bertz CT molecular complexity index is 702. The van der Waals surface area contributed by atoms with Crippen LogP contribution in [0.5, 0.6) is 5.88 Å². The molecule has 1 aromatic carbocycles. The number of rotatable bonds is 7. The van der Waals surface area contributed by atoms with Crippen molar-refractivity contribution in [2.75, 3.05) is 43.4 Å². The second-order valence-electron chi connectivity index (χ2n) is 6.98. The standard InChI is InChI=1S/C20H28N4OS/c1-16(2)17-5-3-6-18(15-17)24-12-10-23(11-13-24)9-4-14-26-20-21-8-7-19(25)22-20/h3,5-8,15-16H,4,9-14H2,1-2H3,(H,21,22,25). The van der Waals surface area contributed by atoms with Gasteiger partial charge in [0.15, 0.2) is 5.16 Å². The molecule has 0 bridgehead atoms. The Labute approximate surface area is 160 Å². The van der Waals surface area contributed by atoms with Gasteiger partial charge in [-0.2, -0.15) is 4.98 Å². The molecule has 1 fully saturated rings. The first-order chi connectivity index (χ1) is 12.6. The Kier molecular flexibility index (Phi) is 6.74. The highest BCUT2D eigenvalue weighted by Crippen LogP contribution is 2.23. The molecular weight excluding hydrogens is 344 g/mol. The molecule has 0 spiro atoms. The number of piperazine rings is 1. The summed E-state index contributed by atoms with van der Waals surface area (Å²) in [6.07, 6.45) is 2.70. The topological polar surface area (TPSA) is 52.5 Å². The Hall–Kier alpha value is -1.79. The van der Waals surface area contributed by atoms with Crippen LogP contribution in [-0.4, -0.2) is 58.5 Å². The van der Waals surface area contributed by atoms with E-state index in [1.807, 2.05) is 0 Å². The minimum Gasteiger partial charge on any atom is -0.493 e. The summed E-state index contributed by atoms with van der Waals surface area (Å²) in [5.41, 5.74) is 2.77. The molecule has 1 aromatic heterocycles. The Morgan fingerprint density at radius 3 is 2.69 bits per heavy atom. The van der Waals surface area contributed by atoms with Crippen LogP contribution in [0.2, 0.25) is 0 Å². The number of nitrogens with zero attached hydrogens (tertiary/aromatic N) is 4. The number of hydrogen-bond donors (Lipinski definition) is 1. The second-order valence-corrected chi connectivity index (χ2v) is 8.04. The van der Waals surface area contributed by atoms with Crippen LogP contribution in [0.3, 0.4) is 0 Å². The van der Waals surface area contributed by atoms with Crippen molar-refractivity contribution >= 4 is 17.4 Å². The van der Waals surface area contributed by atoms with Crippen molar-refractivity contribution in [2.24, 2.45) is 0 Å². The lowest BCUT2D eigenvalue weighted by Gasteiger charge is -2.36. The lowest BCUT2D eigenvalue weighted by atomic mass is 10.0. The summed E-state index contributed by atoms with van der Waals surface area (Å²) in [5, 5.41) is 10.0. The Morgan fingerprint density at radius 2 is 1.96 bits per heavy atom.